The van der Waals surface area contributed by atoms with Gasteiger partial charge in [-0.15, -0.1) is 0 Å². The van der Waals surface area contributed by atoms with Crippen molar-refractivity contribution in [3.05, 3.63) is 259 Å². The van der Waals surface area contributed by atoms with Gasteiger partial charge in [0.05, 0.1) is 28.2 Å². The van der Waals surface area contributed by atoms with E-state index in [-0.39, 0.29) is 24.2 Å². The van der Waals surface area contributed by atoms with Gasteiger partial charge in [-0.05, 0) is 105 Å². The average Bonchev–Trinajstić information content (AvgIpc) is 3.97. The maximum Gasteiger partial charge on any atom is 0.127 e. The van der Waals surface area contributed by atoms with Crippen LogP contribution in [0.5, 0.6) is 0 Å². The van der Waals surface area contributed by atoms with Crippen molar-refractivity contribution in [1.82, 2.24) is 14.5 Å². The Kier molecular flexibility index (Phi) is 10.6. The number of fused-ring (bicyclic) bond motifs is 10. The fourth-order valence-electron chi connectivity index (χ4n) is 12.7. The highest BCUT2D eigenvalue weighted by Crippen LogP contribution is 2.49. The molecule has 0 saturated heterocycles. The number of nitrogens with one attached hydrogen (secondary N) is 1. The van der Waals surface area contributed by atoms with E-state index >= 15 is 0 Å². The summed E-state index contributed by atoms with van der Waals surface area (Å²) in [5, 5.41) is 9.32. The second-order valence-corrected chi connectivity index (χ2v) is 20.0. The van der Waals surface area contributed by atoms with Crippen molar-refractivity contribution < 1.29 is 0 Å². The van der Waals surface area contributed by atoms with Gasteiger partial charge < -0.3 is 9.13 Å². The highest BCUT2D eigenvalue weighted by molar-refractivity contribution is 6.23. The summed E-state index contributed by atoms with van der Waals surface area (Å²) < 4.78 is 5.24. The summed E-state index contributed by atoms with van der Waals surface area (Å²) in [6, 6.07) is 89.6. The standard InChI is InChI=1S/C69H54N4/c1-2-53-65(59-41-40-49-26-19-33-54(48-24-10-5-11-25-48)64(49)58-32-13-12-29-55(58)59)70-68(50-38-36-47(37-39-50)45-20-6-3-7-21-45)71-69(53)73-63-35-17-15-31-57(63)61-43-42-60-56-30-14-16-34-62(56)72(66(60)67(61)73)52-28-18-27-51(44-52)46-22-8-4-9-23-46/h3-39,42-44,53,59,68-69,71H,2,40-41H2,1H3. The molecule has 2 aromatic heterocycles. The van der Waals surface area contributed by atoms with E-state index in [1.165, 1.54) is 105 Å². The van der Waals surface area contributed by atoms with Gasteiger partial charge in [-0.25, -0.2) is 0 Å². The molecule has 10 aromatic carbocycles. The summed E-state index contributed by atoms with van der Waals surface area (Å²) in [6.45, 7) is 2.38. The van der Waals surface area contributed by atoms with Gasteiger partial charge in [0.15, 0.2) is 0 Å². The van der Waals surface area contributed by atoms with Gasteiger partial charge >= 0.3 is 0 Å². The Balaban J connectivity index is 1.01. The molecule has 12 aromatic rings. The highest BCUT2D eigenvalue weighted by Gasteiger charge is 2.41. The van der Waals surface area contributed by atoms with Crippen LogP contribution in [0.1, 0.15) is 54.7 Å². The second-order valence-electron chi connectivity index (χ2n) is 20.0. The summed E-state index contributed by atoms with van der Waals surface area (Å²) in [6.07, 6.45) is 2.38. The molecule has 1 aliphatic carbocycles. The summed E-state index contributed by atoms with van der Waals surface area (Å²) in [4.78, 5) is 6.02. The van der Waals surface area contributed by atoms with Crippen LogP contribution >= 0.6 is 0 Å². The number of benzene rings is 10. The molecule has 1 N–H and O–H groups in total. The summed E-state index contributed by atoms with van der Waals surface area (Å²) >= 11 is 0. The van der Waals surface area contributed by atoms with Crippen LogP contribution in [0.15, 0.2) is 248 Å². The largest absolute Gasteiger partial charge is 0.322 e. The van der Waals surface area contributed by atoms with E-state index in [2.05, 4.69) is 264 Å². The van der Waals surface area contributed by atoms with Gasteiger partial charge in [-0.3, -0.25) is 10.3 Å². The van der Waals surface area contributed by atoms with Crippen molar-refractivity contribution in [3.63, 3.8) is 0 Å². The fourth-order valence-corrected chi connectivity index (χ4v) is 12.7. The van der Waals surface area contributed by atoms with Gasteiger partial charge in [-0.2, -0.15) is 0 Å². The van der Waals surface area contributed by atoms with Crippen LogP contribution in [-0.2, 0) is 6.42 Å². The van der Waals surface area contributed by atoms with E-state index < -0.39 is 0 Å². The molecule has 2 aliphatic rings. The number of para-hydroxylation sites is 2. The first kappa shape index (κ1) is 43.2. The number of rotatable bonds is 8. The molecule has 4 atom stereocenters. The molecule has 4 nitrogen and oxygen atoms in total. The first-order valence-corrected chi connectivity index (χ1v) is 26.1. The Morgan fingerprint density at radius 3 is 1.79 bits per heavy atom. The minimum atomic E-state index is -0.297. The van der Waals surface area contributed by atoms with Crippen molar-refractivity contribution in [3.8, 4) is 50.2 Å². The van der Waals surface area contributed by atoms with Gasteiger partial charge in [-0.1, -0.05) is 225 Å². The molecule has 14 rings (SSSR count). The van der Waals surface area contributed by atoms with Crippen molar-refractivity contribution in [2.75, 3.05) is 0 Å². The zero-order chi connectivity index (χ0) is 48.4. The smallest absolute Gasteiger partial charge is 0.127 e. The number of nitrogens with zero attached hydrogens (tertiary/aromatic N) is 3. The Labute approximate surface area is 426 Å². The fraction of sp³-hybridized carbons (Fsp3) is 0.116. The molecule has 350 valence electrons. The number of aromatic nitrogens is 2. The molecular formula is C69H54N4. The molecule has 0 saturated carbocycles. The monoisotopic (exact) mass is 938 g/mol. The Morgan fingerprint density at radius 2 is 1.05 bits per heavy atom. The third kappa shape index (κ3) is 7.19. The summed E-state index contributed by atoms with van der Waals surface area (Å²) in [5.41, 5.74) is 21.2. The van der Waals surface area contributed by atoms with Crippen LogP contribution in [0.4, 0.5) is 0 Å². The lowest BCUT2D eigenvalue weighted by molar-refractivity contribution is 0.279. The van der Waals surface area contributed by atoms with E-state index in [4.69, 9.17) is 4.99 Å². The summed E-state index contributed by atoms with van der Waals surface area (Å²) in [5.74, 6) is 0.148. The van der Waals surface area contributed by atoms with E-state index in [1.807, 2.05) is 0 Å². The van der Waals surface area contributed by atoms with Gasteiger partial charge in [0, 0.05) is 44.8 Å². The van der Waals surface area contributed by atoms with E-state index in [1.54, 1.807) is 0 Å². The quantitative estimate of drug-likeness (QED) is 0.162. The second kappa shape index (κ2) is 17.9. The third-order valence-corrected chi connectivity index (χ3v) is 16.0. The first-order chi connectivity index (χ1) is 36.2. The van der Waals surface area contributed by atoms with E-state index in [0.717, 1.165) is 30.5 Å². The van der Waals surface area contributed by atoms with Gasteiger partial charge in [0.25, 0.3) is 0 Å². The SMILES string of the molecule is CCC1C(C2CCc3cccc(-c4ccccc4)c3-c3ccccc32)=NC(c2ccc(-c3ccccc3)cc2)NC1n1c2ccccc2c2ccc3c4ccccc4n(-c4cccc(-c5ccccc5)c4)c3c21. The molecule has 4 unspecified atom stereocenters. The van der Waals surface area contributed by atoms with Crippen LogP contribution < -0.4 is 5.32 Å². The topological polar surface area (TPSA) is 34.2 Å². The molecule has 0 spiro atoms. The normalized spacial score (nSPS) is 17.6. The molecule has 1 aliphatic heterocycles. The predicted octanol–water partition coefficient (Wildman–Crippen LogP) is 17.6. The molecule has 4 heteroatoms. The van der Waals surface area contributed by atoms with E-state index in [0.29, 0.717) is 0 Å². The van der Waals surface area contributed by atoms with Crippen molar-refractivity contribution >= 4 is 49.3 Å². The van der Waals surface area contributed by atoms with Gasteiger partial charge in [0.2, 0.25) is 0 Å². The molecule has 0 radical (unpaired) electrons. The van der Waals surface area contributed by atoms with Crippen LogP contribution in [0, 0.1) is 5.92 Å². The Hall–Kier alpha value is -8.57. The predicted molar refractivity (Wildman–Crippen MR) is 306 cm³/mol. The number of aryl methyl sites for hydroxylation is 1. The van der Waals surface area contributed by atoms with Crippen LogP contribution in [0.3, 0.4) is 0 Å². The molecule has 0 bridgehead atoms. The van der Waals surface area contributed by atoms with Crippen LogP contribution in [-0.4, -0.2) is 14.8 Å². The lowest BCUT2D eigenvalue weighted by atomic mass is 9.78. The molecule has 3 heterocycles. The maximum absolute atomic E-state index is 6.02. The first-order valence-electron chi connectivity index (χ1n) is 26.1. The average molecular weight is 939 g/mol. The summed E-state index contributed by atoms with van der Waals surface area (Å²) in [7, 11) is 0. The lowest BCUT2D eigenvalue weighted by Gasteiger charge is -2.41. The minimum absolute atomic E-state index is 0.0567. The third-order valence-electron chi connectivity index (χ3n) is 16.0. The molecule has 0 fully saturated rings. The van der Waals surface area contributed by atoms with Crippen molar-refractivity contribution in [2.24, 2.45) is 10.9 Å². The Bertz CT molecular complexity index is 4050. The van der Waals surface area contributed by atoms with Crippen molar-refractivity contribution in [1.29, 1.82) is 0 Å². The molecule has 73 heavy (non-hydrogen) atoms. The van der Waals surface area contributed by atoms with Crippen LogP contribution in [0.25, 0.3) is 93.8 Å². The lowest BCUT2D eigenvalue weighted by Crippen LogP contribution is -2.44. The number of hydrogen-bond donors (Lipinski definition) is 1. The zero-order valence-corrected chi connectivity index (χ0v) is 40.9. The van der Waals surface area contributed by atoms with Gasteiger partial charge in [0.1, 0.15) is 6.17 Å². The number of hydrogen-bond acceptors (Lipinski definition) is 2. The van der Waals surface area contributed by atoms with E-state index in [9.17, 15) is 0 Å². The minimum Gasteiger partial charge on any atom is -0.322 e. The highest BCUT2D eigenvalue weighted by atomic mass is 15.3. The Morgan fingerprint density at radius 1 is 0.479 bits per heavy atom. The zero-order valence-electron chi connectivity index (χ0n) is 40.9. The van der Waals surface area contributed by atoms with Crippen LogP contribution in [0.2, 0.25) is 0 Å². The van der Waals surface area contributed by atoms with Crippen molar-refractivity contribution in [2.45, 2.75) is 44.4 Å². The molecular weight excluding hydrogens is 885 g/mol. The number of aliphatic imine (C=N–C) groups is 1. The molecule has 0 amide bonds. The maximum atomic E-state index is 6.02.